The van der Waals surface area contributed by atoms with Crippen LogP contribution in [-0.2, 0) is 18.3 Å². The maximum Gasteiger partial charge on any atom is 0.0968 e. The van der Waals surface area contributed by atoms with Crippen LogP contribution in [0.15, 0.2) is 30.5 Å². The topological polar surface area (TPSA) is 30.3 Å². The second-order valence-electron chi connectivity index (χ2n) is 8.83. The summed E-state index contributed by atoms with van der Waals surface area (Å²) in [5, 5.41) is 4.81. The number of nitrogens with zero attached hydrogens (tertiary/aromatic N) is 3. The number of piperidine rings is 1. The zero-order valence-corrected chi connectivity index (χ0v) is 17.6. The van der Waals surface area contributed by atoms with Crippen LogP contribution in [0.1, 0.15) is 62.0 Å². The summed E-state index contributed by atoms with van der Waals surface area (Å²) < 4.78 is 7.36. The Morgan fingerprint density at radius 2 is 1.82 bits per heavy atom. The van der Waals surface area contributed by atoms with Crippen molar-refractivity contribution in [1.82, 2.24) is 14.7 Å². The summed E-state index contributed by atoms with van der Waals surface area (Å²) in [6.07, 6.45) is 11.6. The fourth-order valence-corrected chi connectivity index (χ4v) is 5.15. The van der Waals surface area contributed by atoms with Crippen molar-refractivity contribution >= 4 is 0 Å². The molecule has 0 bridgehead atoms. The van der Waals surface area contributed by atoms with Crippen molar-refractivity contribution in [2.45, 2.75) is 57.4 Å². The second-order valence-corrected chi connectivity index (χ2v) is 8.83. The Labute approximate surface area is 169 Å². The molecule has 1 aliphatic heterocycles. The maximum atomic E-state index is 5.40. The fraction of sp³-hybridized carbons (Fsp3) is 0.625. The summed E-state index contributed by atoms with van der Waals surface area (Å²) >= 11 is 0. The Morgan fingerprint density at radius 3 is 2.57 bits per heavy atom. The maximum absolute atomic E-state index is 5.40. The van der Waals surface area contributed by atoms with Gasteiger partial charge in [0.15, 0.2) is 0 Å². The Bertz CT molecular complexity index is 744. The number of rotatable bonds is 6. The van der Waals surface area contributed by atoms with Crippen molar-refractivity contribution in [2.24, 2.45) is 13.0 Å². The first-order chi connectivity index (χ1) is 13.7. The number of aromatic nitrogens is 2. The molecule has 1 aliphatic carbocycles. The molecule has 0 radical (unpaired) electrons. The molecular formula is C24H35N3O. The number of likely N-dealkylation sites (tertiary alicyclic amines) is 1. The summed E-state index contributed by atoms with van der Waals surface area (Å²) in [5.41, 5.74) is 5.25. The minimum Gasteiger partial charge on any atom is -0.384 e. The van der Waals surface area contributed by atoms with Crippen LogP contribution in [0.2, 0.25) is 0 Å². The predicted octanol–water partition coefficient (Wildman–Crippen LogP) is 4.99. The molecular weight excluding hydrogens is 346 g/mol. The molecule has 1 atom stereocenters. The lowest BCUT2D eigenvalue weighted by Gasteiger charge is -2.32. The molecule has 0 amide bonds. The highest BCUT2D eigenvalue weighted by Crippen LogP contribution is 2.34. The largest absolute Gasteiger partial charge is 0.384 e. The minimum atomic E-state index is 0.661. The Kier molecular flexibility index (Phi) is 6.48. The van der Waals surface area contributed by atoms with Gasteiger partial charge in [0.2, 0.25) is 0 Å². The number of hydrogen-bond acceptors (Lipinski definition) is 3. The molecule has 0 unspecified atom stereocenters. The van der Waals surface area contributed by atoms with Crippen LogP contribution in [0.3, 0.4) is 0 Å². The third-order valence-electron chi connectivity index (χ3n) is 6.56. The van der Waals surface area contributed by atoms with Gasteiger partial charge < -0.3 is 4.74 Å². The van der Waals surface area contributed by atoms with E-state index in [0.29, 0.717) is 5.92 Å². The highest BCUT2D eigenvalue weighted by molar-refractivity contribution is 5.63. The smallest absolute Gasteiger partial charge is 0.0968 e. The van der Waals surface area contributed by atoms with Gasteiger partial charge in [-0.25, -0.2) is 0 Å². The third-order valence-corrected chi connectivity index (χ3v) is 6.56. The standard InChI is InChI=1S/C24H35N3O/c1-26-16-23(17-27-14-6-7-19(15-27)18-28-2)24(25-26)22-12-10-21(11-13-22)20-8-4-3-5-9-20/h10-13,16,19-20H,3-9,14-15,17-18H2,1-2H3/t19-/m1/s1. The molecule has 152 valence electrons. The van der Waals surface area contributed by atoms with Gasteiger partial charge in [0, 0.05) is 44.6 Å². The summed E-state index contributed by atoms with van der Waals surface area (Å²) in [7, 11) is 3.85. The van der Waals surface area contributed by atoms with E-state index < -0.39 is 0 Å². The molecule has 2 fully saturated rings. The molecule has 4 nitrogen and oxygen atoms in total. The summed E-state index contributed by atoms with van der Waals surface area (Å²) in [6, 6.07) is 9.28. The predicted molar refractivity (Wildman–Crippen MR) is 114 cm³/mol. The fourth-order valence-electron chi connectivity index (χ4n) is 5.15. The zero-order valence-electron chi connectivity index (χ0n) is 17.6. The minimum absolute atomic E-state index is 0.661. The molecule has 4 rings (SSSR count). The lowest BCUT2D eigenvalue weighted by Crippen LogP contribution is -2.36. The van der Waals surface area contributed by atoms with Crippen LogP contribution in [-0.4, -0.2) is 41.5 Å². The number of ether oxygens (including phenoxy) is 1. The van der Waals surface area contributed by atoms with E-state index in [4.69, 9.17) is 9.84 Å². The van der Waals surface area contributed by atoms with Gasteiger partial charge >= 0.3 is 0 Å². The van der Waals surface area contributed by atoms with E-state index in [1.54, 1.807) is 0 Å². The van der Waals surface area contributed by atoms with Crippen molar-refractivity contribution in [3.63, 3.8) is 0 Å². The van der Waals surface area contributed by atoms with Crippen LogP contribution >= 0.6 is 0 Å². The van der Waals surface area contributed by atoms with E-state index in [9.17, 15) is 0 Å². The summed E-state index contributed by atoms with van der Waals surface area (Å²) in [4.78, 5) is 2.57. The van der Waals surface area contributed by atoms with Crippen molar-refractivity contribution < 1.29 is 4.74 Å². The average Bonchev–Trinajstić information content (AvgIpc) is 3.09. The van der Waals surface area contributed by atoms with Gasteiger partial charge in [0.1, 0.15) is 0 Å². The van der Waals surface area contributed by atoms with Gasteiger partial charge in [0.05, 0.1) is 12.3 Å². The van der Waals surface area contributed by atoms with E-state index >= 15 is 0 Å². The quantitative estimate of drug-likeness (QED) is 0.706. The summed E-state index contributed by atoms with van der Waals surface area (Å²) in [5.74, 6) is 1.42. The van der Waals surface area contributed by atoms with E-state index in [1.807, 2.05) is 18.8 Å². The van der Waals surface area contributed by atoms with Gasteiger partial charge in [0.25, 0.3) is 0 Å². The number of hydrogen-bond donors (Lipinski definition) is 0. The molecule has 1 aromatic heterocycles. The average molecular weight is 382 g/mol. The molecule has 28 heavy (non-hydrogen) atoms. The molecule has 1 aromatic carbocycles. The lowest BCUT2D eigenvalue weighted by molar-refractivity contribution is 0.0874. The van der Waals surface area contributed by atoms with Gasteiger partial charge in [-0.3, -0.25) is 9.58 Å². The van der Waals surface area contributed by atoms with Gasteiger partial charge in [-0.1, -0.05) is 43.5 Å². The van der Waals surface area contributed by atoms with Crippen LogP contribution in [0.5, 0.6) is 0 Å². The Hall–Kier alpha value is -1.65. The van der Waals surface area contributed by atoms with Crippen LogP contribution in [0.25, 0.3) is 11.3 Å². The summed E-state index contributed by atoms with van der Waals surface area (Å²) in [6.45, 7) is 4.16. The molecule has 0 spiro atoms. The highest BCUT2D eigenvalue weighted by atomic mass is 16.5. The van der Waals surface area contributed by atoms with Crippen LogP contribution in [0, 0.1) is 5.92 Å². The van der Waals surface area contributed by atoms with Gasteiger partial charge in [-0.05, 0) is 49.6 Å². The van der Waals surface area contributed by atoms with E-state index in [-0.39, 0.29) is 0 Å². The van der Waals surface area contributed by atoms with E-state index in [1.165, 1.54) is 68.2 Å². The number of aryl methyl sites for hydroxylation is 1. The van der Waals surface area contributed by atoms with Crippen molar-refractivity contribution in [3.05, 3.63) is 41.6 Å². The molecule has 1 saturated carbocycles. The van der Waals surface area contributed by atoms with E-state index in [2.05, 4.69) is 35.4 Å². The number of methoxy groups -OCH3 is 1. The highest BCUT2D eigenvalue weighted by Gasteiger charge is 2.22. The van der Waals surface area contributed by atoms with Crippen molar-refractivity contribution in [3.8, 4) is 11.3 Å². The van der Waals surface area contributed by atoms with Gasteiger partial charge in [-0.15, -0.1) is 0 Å². The molecule has 2 heterocycles. The number of benzene rings is 1. The molecule has 0 N–H and O–H groups in total. The monoisotopic (exact) mass is 381 g/mol. The van der Waals surface area contributed by atoms with Crippen LogP contribution in [0.4, 0.5) is 0 Å². The molecule has 4 heteroatoms. The third kappa shape index (κ3) is 4.66. The second kappa shape index (κ2) is 9.23. The zero-order chi connectivity index (χ0) is 19.3. The van der Waals surface area contributed by atoms with Crippen molar-refractivity contribution in [1.29, 1.82) is 0 Å². The van der Waals surface area contributed by atoms with Crippen molar-refractivity contribution in [2.75, 3.05) is 26.8 Å². The first-order valence-corrected chi connectivity index (χ1v) is 11.1. The van der Waals surface area contributed by atoms with Crippen LogP contribution < -0.4 is 0 Å². The first-order valence-electron chi connectivity index (χ1n) is 11.1. The van der Waals surface area contributed by atoms with Gasteiger partial charge in [-0.2, -0.15) is 5.10 Å². The lowest BCUT2D eigenvalue weighted by atomic mass is 9.84. The molecule has 2 aromatic rings. The normalized spacial score (nSPS) is 21.9. The Morgan fingerprint density at radius 1 is 1.04 bits per heavy atom. The first kappa shape index (κ1) is 19.7. The SMILES string of the molecule is COC[C@@H]1CCCN(Cc2cn(C)nc2-c2ccc(C3CCCCC3)cc2)C1. The van der Waals surface area contributed by atoms with E-state index in [0.717, 1.165) is 31.3 Å². The molecule has 2 aliphatic rings. The Balaban J connectivity index is 1.48. The molecule has 1 saturated heterocycles.